The number of carbonyl (C=O) groups excluding carboxylic acids is 2. The highest BCUT2D eigenvalue weighted by molar-refractivity contribution is 7.89. The minimum absolute atomic E-state index is 0.127. The predicted molar refractivity (Wildman–Crippen MR) is 113 cm³/mol. The van der Waals surface area contributed by atoms with Crippen molar-refractivity contribution in [3.05, 3.63) is 54.4 Å². The minimum atomic E-state index is -3.55. The summed E-state index contributed by atoms with van der Waals surface area (Å²) in [5.74, 6) is -0.778. The van der Waals surface area contributed by atoms with Gasteiger partial charge in [0.05, 0.1) is 10.8 Å². The molecule has 2 aromatic rings. The highest BCUT2D eigenvalue weighted by Gasteiger charge is 2.35. The Labute approximate surface area is 177 Å². The fraction of sp³-hybridized carbons (Fsp3) is 0.381. The first-order chi connectivity index (χ1) is 14.4. The van der Waals surface area contributed by atoms with Crippen LogP contribution in [0.2, 0.25) is 0 Å². The molecule has 1 fully saturated rings. The lowest BCUT2D eigenvalue weighted by Crippen LogP contribution is -2.32. The largest absolute Gasteiger partial charge is 0.352 e. The average Bonchev–Trinajstić information content (AvgIpc) is 3.15. The summed E-state index contributed by atoms with van der Waals surface area (Å²) < 4.78 is 26.6. The lowest BCUT2D eigenvalue weighted by atomic mass is 10.1. The quantitative estimate of drug-likeness (QED) is 0.688. The molecule has 1 aliphatic rings. The molecule has 1 aromatic heterocycles. The normalized spacial score (nSPS) is 16.8. The Hall–Kier alpha value is -2.78. The van der Waals surface area contributed by atoms with Gasteiger partial charge < -0.3 is 10.2 Å². The van der Waals surface area contributed by atoms with E-state index in [1.807, 2.05) is 12.1 Å². The molecular formula is C21H26N4O4S. The number of pyridine rings is 1. The van der Waals surface area contributed by atoms with Crippen LogP contribution in [0.4, 0.5) is 5.69 Å². The monoisotopic (exact) mass is 430 g/mol. The molecule has 3 rings (SSSR count). The molecule has 9 heteroatoms. The van der Waals surface area contributed by atoms with Crippen molar-refractivity contribution < 1.29 is 18.0 Å². The first kappa shape index (κ1) is 21.9. The number of benzene rings is 1. The Morgan fingerprint density at radius 3 is 2.37 bits per heavy atom. The summed E-state index contributed by atoms with van der Waals surface area (Å²) in [7, 11) is -3.55. The van der Waals surface area contributed by atoms with Crippen molar-refractivity contribution in [1.82, 2.24) is 14.6 Å². The minimum Gasteiger partial charge on any atom is -0.352 e. The third-order valence-corrected chi connectivity index (χ3v) is 7.27. The van der Waals surface area contributed by atoms with Crippen LogP contribution in [0, 0.1) is 5.92 Å². The van der Waals surface area contributed by atoms with Gasteiger partial charge in [0.2, 0.25) is 21.8 Å². The molecule has 0 radical (unpaired) electrons. The number of anilines is 1. The number of rotatable bonds is 8. The van der Waals surface area contributed by atoms with Crippen LogP contribution in [-0.4, -0.2) is 49.2 Å². The van der Waals surface area contributed by atoms with Gasteiger partial charge in [0.25, 0.3) is 0 Å². The van der Waals surface area contributed by atoms with E-state index >= 15 is 0 Å². The Morgan fingerprint density at radius 1 is 1.13 bits per heavy atom. The molecule has 2 amide bonds. The molecule has 0 spiro atoms. The topological polar surface area (TPSA) is 99.7 Å². The SMILES string of the molecule is CCN(CC)S(=O)(=O)c1ccc(N2CC(C(=O)NCc3ccncc3)CC2=O)cc1. The van der Waals surface area contributed by atoms with E-state index < -0.39 is 15.9 Å². The summed E-state index contributed by atoms with van der Waals surface area (Å²) >= 11 is 0. The fourth-order valence-corrected chi connectivity index (χ4v) is 4.94. The summed E-state index contributed by atoms with van der Waals surface area (Å²) in [5.41, 5.74) is 1.52. The molecule has 8 nitrogen and oxygen atoms in total. The average molecular weight is 431 g/mol. The molecule has 1 saturated heterocycles. The van der Waals surface area contributed by atoms with Gasteiger partial charge in [-0.1, -0.05) is 13.8 Å². The number of aromatic nitrogens is 1. The third kappa shape index (κ3) is 4.68. The number of nitrogens with one attached hydrogen (secondary N) is 1. The summed E-state index contributed by atoms with van der Waals surface area (Å²) in [6.07, 6.45) is 3.44. The summed E-state index contributed by atoms with van der Waals surface area (Å²) in [5, 5.41) is 2.86. The lowest BCUT2D eigenvalue weighted by molar-refractivity contribution is -0.126. The van der Waals surface area contributed by atoms with E-state index in [4.69, 9.17) is 0 Å². The van der Waals surface area contributed by atoms with E-state index in [1.54, 1.807) is 38.4 Å². The number of hydrogen-bond acceptors (Lipinski definition) is 5. The maximum absolute atomic E-state index is 12.6. The van der Waals surface area contributed by atoms with E-state index in [1.165, 1.54) is 21.3 Å². The first-order valence-corrected chi connectivity index (χ1v) is 11.4. The van der Waals surface area contributed by atoms with Crippen molar-refractivity contribution in [3.8, 4) is 0 Å². The van der Waals surface area contributed by atoms with Crippen molar-refractivity contribution >= 4 is 27.5 Å². The highest BCUT2D eigenvalue weighted by Crippen LogP contribution is 2.27. The Balaban J connectivity index is 1.65. The number of hydrogen-bond donors (Lipinski definition) is 1. The van der Waals surface area contributed by atoms with E-state index in [0.29, 0.717) is 25.3 Å². The van der Waals surface area contributed by atoms with Crippen LogP contribution in [0.15, 0.2) is 53.7 Å². The second-order valence-electron chi connectivity index (χ2n) is 7.06. The molecule has 30 heavy (non-hydrogen) atoms. The summed E-state index contributed by atoms with van der Waals surface area (Å²) in [4.78, 5) is 30.6. The lowest BCUT2D eigenvalue weighted by Gasteiger charge is -2.20. The standard InChI is InChI=1S/C21H26N4O4S/c1-3-24(4-2)30(28,29)19-7-5-18(6-8-19)25-15-17(13-20(25)26)21(27)23-14-16-9-11-22-12-10-16/h5-12,17H,3-4,13-15H2,1-2H3,(H,23,27). The van der Waals surface area contributed by atoms with Gasteiger partial charge in [0, 0.05) is 50.7 Å². The second kappa shape index (κ2) is 9.36. The van der Waals surface area contributed by atoms with E-state index in [0.717, 1.165) is 5.56 Å². The number of sulfonamides is 1. The molecule has 0 aliphatic carbocycles. The molecule has 160 valence electrons. The van der Waals surface area contributed by atoms with Crippen LogP contribution in [-0.2, 0) is 26.2 Å². The van der Waals surface area contributed by atoms with Crippen LogP contribution in [0.3, 0.4) is 0 Å². The zero-order valence-electron chi connectivity index (χ0n) is 17.1. The molecular weight excluding hydrogens is 404 g/mol. The predicted octanol–water partition coefficient (Wildman–Crippen LogP) is 1.78. The van der Waals surface area contributed by atoms with Gasteiger partial charge in [-0.15, -0.1) is 0 Å². The van der Waals surface area contributed by atoms with Crippen LogP contribution in [0.1, 0.15) is 25.8 Å². The van der Waals surface area contributed by atoms with Crippen molar-refractivity contribution in [2.24, 2.45) is 5.92 Å². The van der Waals surface area contributed by atoms with Gasteiger partial charge in [-0.3, -0.25) is 14.6 Å². The van der Waals surface area contributed by atoms with Gasteiger partial charge in [-0.05, 0) is 42.0 Å². The van der Waals surface area contributed by atoms with Crippen molar-refractivity contribution in [2.75, 3.05) is 24.5 Å². The molecule has 2 heterocycles. The van der Waals surface area contributed by atoms with Crippen LogP contribution in [0.5, 0.6) is 0 Å². The third-order valence-electron chi connectivity index (χ3n) is 5.20. The molecule has 0 bridgehead atoms. The molecule has 1 aromatic carbocycles. The number of nitrogens with zero attached hydrogens (tertiary/aromatic N) is 3. The number of amides is 2. The molecule has 0 saturated carbocycles. The van der Waals surface area contributed by atoms with Gasteiger partial charge >= 0.3 is 0 Å². The maximum atomic E-state index is 12.6. The number of carbonyl (C=O) groups is 2. The van der Waals surface area contributed by atoms with E-state index in [-0.39, 0.29) is 29.7 Å². The van der Waals surface area contributed by atoms with Gasteiger partial charge in [0.15, 0.2) is 0 Å². The highest BCUT2D eigenvalue weighted by atomic mass is 32.2. The van der Waals surface area contributed by atoms with Crippen molar-refractivity contribution in [2.45, 2.75) is 31.7 Å². The fourth-order valence-electron chi connectivity index (χ4n) is 3.48. The first-order valence-electron chi connectivity index (χ1n) is 9.94. The second-order valence-corrected chi connectivity index (χ2v) is 9.00. The van der Waals surface area contributed by atoms with Gasteiger partial charge in [0.1, 0.15) is 0 Å². The zero-order chi connectivity index (χ0) is 21.7. The Morgan fingerprint density at radius 2 is 1.77 bits per heavy atom. The van der Waals surface area contributed by atoms with Crippen molar-refractivity contribution in [3.63, 3.8) is 0 Å². The molecule has 1 unspecified atom stereocenters. The summed E-state index contributed by atoms with van der Waals surface area (Å²) in [6, 6.07) is 9.89. The smallest absolute Gasteiger partial charge is 0.243 e. The van der Waals surface area contributed by atoms with Gasteiger partial charge in [-0.2, -0.15) is 4.31 Å². The Bertz CT molecular complexity index is 989. The van der Waals surface area contributed by atoms with Crippen LogP contribution >= 0.6 is 0 Å². The van der Waals surface area contributed by atoms with E-state index in [9.17, 15) is 18.0 Å². The van der Waals surface area contributed by atoms with Crippen LogP contribution < -0.4 is 10.2 Å². The molecule has 1 atom stereocenters. The Kier molecular flexibility index (Phi) is 6.84. The maximum Gasteiger partial charge on any atom is 0.243 e. The van der Waals surface area contributed by atoms with Gasteiger partial charge in [-0.25, -0.2) is 8.42 Å². The van der Waals surface area contributed by atoms with E-state index in [2.05, 4.69) is 10.3 Å². The summed E-state index contributed by atoms with van der Waals surface area (Å²) in [6.45, 7) is 5.01. The molecule has 1 aliphatic heterocycles. The van der Waals surface area contributed by atoms with Crippen molar-refractivity contribution in [1.29, 1.82) is 0 Å². The van der Waals surface area contributed by atoms with Crippen LogP contribution in [0.25, 0.3) is 0 Å². The molecule has 1 N–H and O–H groups in total. The zero-order valence-corrected chi connectivity index (χ0v) is 17.9.